The third kappa shape index (κ3) is 3.95. The summed E-state index contributed by atoms with van der Waals surface area (Å²) >= 11 is 0. The summed E-state index contributed by atoms with van der Waals surface area (Å²) in [5.41, 5.74) is 4.43. The molecule has 0 aliphatic carbocycles. The van der Waals surface area contributed by atoms with Crippen LogP contribution in [-0.4, -0.2) is 24.0 Å². The van der Waals surface area contributed by atoms with Crippen LogP contribution in [0.15, 0.2) is 18.2 Å². The lowest BCUT2D eigenvalue weighted by Gasteiger charge is -2.41. The van der Waals surface area contributed by atoms with Gasteiger partial charge in [0.05, 0.1) is 5.56 Å². The first-order chi connectivity index (χ1) is 9.54. The van der Waals surface area contributed by atoms with Crippen molar-refractivity contribution in [2.45, 2.75) is 44.9 Å². The van der Waals surface area contributed by atoms with Crippen molar-refractivity contribution in [2.75, 3.05) is 13.6 Å². The van der Waals surface area contributed by atoms with Crippen LogP contribution < -0.4 is 5.73 Å². The van der Waals surface area contributed by atoms with E-state index in [0.717, 1.165) is 12.5 Å². The average molecular weight is 306 g/mol. The summed E-state index contributed by atoms with van der Waals surface area (Å²) in [4.78, 5) is 1.81. The number of likely N-dealkylation sites (N-methyl/N-ethyl adjacent to an activating group) is 1. The van der Waals surface area contributed by atoms with Gasteiger partial charge in [0, 0.05) is 18.1 Å². The van der Waals surface area contributed by atoms with E-state index in [1.807, 2.05) is 25.7 Å². The largest absolute Gasteiger partial charge is 0.416 e. The Morgan fingerprint density at radius 2 is 1.81 bits per heavy atom. The molecule has 2 N–H and O–H groups in total. The summed E-state index contributed by atoms with van der Waals surface area (Å²) in [7, 11) is 1.74. The number of nitrogens with two attached hydrogens (primary N) is 1. The van der Waals surface area contributed by atoms with Crippen molar-refractivity contribution < 1.29 is 17.6 Å². The second-order valence-corrected chi connectivity index (χ2v) is 5.76. The zero-order valence-electron chi connectivity index (χ0n) is 12.8. The van der Waals surface area contributed by atoms with Gasteiger partial charge in [-0.3, -0.25) is 4.90 Å². The van der Waals surface area contributed by atoms with Crippen LogP contribution in [0.3, 0.4) is 0 Å². The molecule has 1 aromatic carbocycles. The number of hydrogen-bond donors (Lipinski definition) is 1. The highest BCUT2D eigenvalue weighted by molar-refractivity contribution is 5.33. The number of hydrogen-bond acceptors (Lipinski definition) is 2. The molecule has 0 fully saturated rings. The van der Waals surface area contributed by atoms with Crippen LogP contribution in [0.2, 0.25) is 0 Å². The van der Waals surface area contributed by atoms with Crippen molar-refractivity contribution in [2.24, 2.45) is 5.73 Å². The zero-order chi connectivity index (χ0) is 16.4. The number of rotatable bonds is 5. The van der Waals surface area contributed by atoms with E-state index < -0.39 is 23.6 Å². The molecule has 0 heterocycles. The van der Waals surface area contributed by atoms with E-state index in [4.69, 9.17) is 5.73 Å². The highest BCUT2D eigenvalue weighted by Crippen LogP contribution is 2.38. The van der Waals surface area contributed by atoms with Crippen LogP contribution >= 0.6 is 0 Å². The normalized spacial score (nSPS) is 14.6. The molecule has 120 valence electrons. The molecule has 1 rings (SSSR count). The molecule has 0 aliphatic rings. The maximum Gasteiger partial charge on any atom is 0.416 e. The van der Waals surface area contributed by atoms with Crippen molar-refractivity contribution in [3.8, 4) is 0 Å². The fourth-order valence-corrected chi connectivity index (χ4v) is 2.23. The maximum atomic E-state index is 13.2. The van der Waals surface area contributed by atoms with Gasteiger partial charge in [-0.15, -0.1) is 0 Å². The second-order valence-electron chi connectivity index (χ2n) is 5.76. The van der Waals surface area contributed by atoms with E-state index in [1.165, 1.54) is 6.07 Å². The van der Waals surface area contributed by atoms with Gasteiger partial charge in [0.25, 0.3) is 0 Å². The van der Waals surface area contributed by atoms with Gasteiger partial charge < -0.3 is 5.73 Å². The first-order valence-corrected chi connectivity index (χ1v) is 6.84. The molecule has 0 amide bonds. The van der Waals surface area contributed by atoms with E-state index in [9.17, 15) is 17.6 Å². The third-order valence-corrected chi connectivity index (χ3v) is 4.19. The van der Waals surface area contributed by atoms with Gasteiger partial charge in [0.15, 0.2) is 0 Å². The van der Waals surface area contributed by atoms with E-state index in [-0.39, 0.29) is 17.6 Å². The van der Waals surface area contributed by atoms with Gasteiger partial charge >= 0.3 is 6.18 Å². The molecule has 0 spiro atoms. The molecule has 0 radical (unpaired) electrons. The van der Waals surface area contributed by atoms with Crippen LogP contribution in [0, 0.1) is 5.82 Å². The van der Waals surface area contributed by atoms with Crippen LogP contribution in [0.5, 0.6) is 0 Å². The monoisotopic (exact) mass is 306 g/mol. The molecule has 1 aromatic rings. The van der Waals surface area contributed by atoms with Crippen molar-refractivity contribution in [3.05, 3.63) is 35.1 Å². The average Bonchev–Trinajstić information content (AvgIpc) is 2.39. The molecule has 0 saturated heterocycles. The highest BCUT2D eigenvalue weighted by atomic mass is 19.4. The summed E-state index contributed by atoms with van der Waals surface area (Å²) in [6.07, 6.45) is -3.86. The summed E-state index contributed by atoms with van der Waals surface area (Å²) in [6, 6.07) is 2.13. The topological polar surface area (TPSA) is 29.3 Å². The van der Waals surface area contributed by atoms with Crippen molar-refractivity contribution in [1.29, 1.82) is 0 Å². The lowest BCUT2D eigenvalue weighted by molar-refractivity contribution is -0.139. The zero-order valence-corrected chi connectivity index (χ0v) is 12.8. The Morgan fingerprint density at radius 3 is 2.24 bits per heavy atom. The molecule has 21 heavy (non-hydrogen) atoms. The lowest BCUT2D eigenvalue weighted by atomic mass is 9.92. The Morgan fingerprint density at radius 1 is 1.24 bits per heavy atom. The Labute approximate surface area is 122 Å². The number of halogens is 4. The SMILES string of the molecule is CCC(C)(C)N(C)C(CN)c1ccc(F)cc1C(F)(F)F. The van der Waals surface area contributed by atoms with Gasteiger partial charge in [0.1, 0.15) is 5.82 Å². The molecule has 1 unspecified atom stereocenters. The van der Waals surface area contributed by atoms with E-state index in [2.05, 4.69) is 0 Å². The van der Waals surface area contributed by atoms with Crippen molar-refractivity contribution >= 4 is 0 Å². The Bertz CT molecular complexity index is 483. The van der Waals surface area contributed by atoms with Crippen LogP contribution in [0.4, 0.5) is 17.6 Å². The first kappa shape index (κ1) is 17.9. The fraction of sp³-hybridized carbons (Fsp3) is 0.600. The standard InChI is InChI=1S/C15H22F4N2/c1-5-14(2,3)21(4)13(9-20)11-7-6-10(16)8-12(11)15(17,18)19/h6-8,13H,5,9,20H2,1-4H3. The minimum Gasteiger partial charge on any atom is -0.329 e. The molecule has 0 aromatic heterocycles. The van der Waals surface area contributed by atoms with Gasteiger partial charge in [-0.05, 0) is 45.0 Å². The summed E-state index contributed by atoms with van der Waals surface area (Å²) < 4.78 is 52.6. The summed E-state index contributed by atoms with van der Waals surface area (Å²) in [5, 5.41) is 0. The predicted molar refractivity (Wildman–Crippen MR) is 75.3 cm³/mol. The van der Waals surface area contributed by atoms with Crippen LogP contribution in [0.1, 0.15) is 44.4 Å². The maximum absolute atomic E-state index is 13.2. The van der Waals surface area contributed by atoms with Crippen LogP contribution in [-0.2, 0) is 6.18 Å². The summed E-state index contributed by atoms with van der Waals surface area (Å²) in [5.74, 6) is -0.903. The highest BCUT2D eigenvalue weighted by Gasteiger charge is 2.38. The summed E-state index contributed by atoms with van der Waals surface area (Å²) in [6.45, 7) is 5.85. The molecule has 6 heteroatoms. The van der Waals surface area contributed by atoms with Crippen LogP contribution in [0.25, 0.3) is 0 Å². The minimum absolute atomic E-state index is 0.00965. The number of alkyl halides is 3. The second kappa shape index (κ2) is 6.32. The predicted octanol–water partition coefficient (Wildman–Crippen LogP) is 3.96. The Balaban J connectivity index is 3.36. The molecule has 2 nitrogen and oxygen atoms in total. The van der Waals surface area contributed by atoms with Gasteiger partial charge in [-0.2, -0.15) is 13.2 Å². The number of benzene rings is 1. The Kier molecular flexibility index (Phi) is 5.39. The van der Waals surface area contributed by atoms with E-state index >= 15 is 0 Å². The first-order valence-electron chi connectivity index (χ1n) is 6.84. The number of nitrogens with zero attached hydrogens (tertiary/aromatic N) is 1. The quantitative estimate of drug-likeness (QED) is 0.834. The van der Waals surface area contributed by atoms with Gasteiger partial charge in [0.2, 0.25) is 0 Å². The van der Waals surface area contributed by atoms with E-state index in [0.29, 0.717) is 6.07 Å². The van der Waals surface area contributed by atoms with Crippen molar-refractivity contribution in [3.63, 3.8) is 0 Å². The van der Waals surface area contributed by atoms with E-state index in [1.54, 1.807) is 7.05 Å². The van der Waals surface area contributed by atoms with Gasteiger partial charge in [-0.25, -0.2) is 4.39 Å². The lowest BCUT2D eigenvalue weighted by Crippen LogP contribution is -2.45. The molecular weight excluding hydrogens is 284 g/mol. The van der Waals surface area contributed by atoms with Crippen molar-refractivity contribution in [1.82, 2.24) is 4.90 Å². The Hall–Kier alpha value is -1.14. The third-order valence-electron chi connectivity index (χ3n) is 4.19. The minimum atomic E-state index is -4.61. The smallest absolute Gasteiger partial charge is 0.329 e. The molecule has 0 saturated carbocycles. The van der Waals surface area contributed by atoms with Gasteiger partial charge in [-0.1, -0.05) is 13.0 Å². The molecule has 1 atom stereocenters. The molecule has 0 bridgehead atoms. The molecule has 0 aliphatic heterocycles. The molecular formula is C15H22F4N2. The fourth-order valence-electron chi connectivity index (χ4n) is 2.23.